The van der Waals surface area contributed by atoms with Gasteiger partial charge >= 0.3 is 0 Å². The van der Waals surface area contributed by atoms with Crippen LogP contribution in [0.2, 0.25) is 0 Å². The van der Waals surface area contributed by atoms with Gasteiger partial charge in [-0.05, 0) is 12.1 Å². The first-order valence-electron chi connectivity index (χ1n) is 3.57. The third-order valence-corrected chi connectivity index (χ3v) is 1.55. The summed E-state index contributed by atoms with van der Waals surface area (Å²) < 4.78 is 0. The molecule has 1 aromatic carbocycles. The third-order valence-electron chi connectivity index (χ3n) is 1.55. The number of rotatable bonds is 2. The molecule has 0 fully saturated rings. The molecule has 0 N–H and O–H groups in total. The fourth-order valence-corrected chi connectivity index (χ4v) is 0.867. The lowest BCUT2D eigenvalue weighted by Crippen LogP contribution is -2.08. The number of hydrogen-bond acceptors (Lipinski definition) is 1. The van der Waals surface area contributed by atoms with Gasteiger partial charge in [0.25, 0.3) is 0 Å². The highest BCUT2D eigenvalue weighted by Gasteiger charge is 1.97. The van der Waals surface area contributed by atoms with E-state index in [1.54, 1.807) is 0 Å². The minimum Gasteiger partial charge on any atom is -0.377 e. The molecule has 57 valence electrons. The highest BCUT2D eigenvalue weighted by molar-refractivity contribution is 5.59. The lowest BCUT2D eigenvalue weighted by Gasteiger charge is -2.14. The van der Waals surface area contributed by atoms with E-state index in [1.807, 2.05) is 49.3 Å². The fraction of sp³-hybridized carbons (Fsp3) is 0.200. The molecule has 1 radical (unpaired) electrons. The predicted octanol–water partition coefficient (Wildman–Crippen LogP) is 2.02. The molecule has 11 heavy (non-hydrogen) atoms. The molecule has 0 aliphatic carbocycles. The van der Waals surface area contributed by atoms with Gasteiger partial charge in [0.15, 0.2) is 0 Å². The van der Waals surface area contributed by atoms with Crippen molar-refractivity contribution in [2.75, 3.05) is 14.1 Å². The van der Waals surface area contributed by atoms with E-state index >= 15 is 0 Å². The molecule has 0 aromatic heterocycles. The Labute approximate surface area is 68.0 Å². The Morgan fingerprint density at radius 3 is 2.18 bits per heavy atom. The Morgan fingerprint density at radius 2 is 1.73 bits per heavy atom. The molecule has 1 heteroatoms. The van der Waals surface area contributed by atoms with Crippen molar-refractivity contribution in [3.8, 4) is 0 Å². The first-order chi connectivity index (χ1) is 5.22. The third kappa shape index (κ3) is 1.84. The summed E-state index contributed by atoms with van der Waals surface area (Å²) in [6.45, 7) is 5.78. The van der Waals surface area contributed by atoms with Gasteiger partial charge in [0.05, 0.1) is 0 Å². The van der Waals surface area contributed by atoms with Crippen molar-refractivity contribution in [1.29, 1.82) is 0 Å². The second-order valence-corrected chi connectivity index (χ2v) is 2.65. The molecule has 0 aliphatic rings. The van der Waals surface area contributed by atoms with Crippen molar-refractivity contribution in [1.82, 2.24) is 4.90 Å². The monoisotopic (exact) mass is 146 g/mol. The van der Waals surface area contributed by atoms with E-state index in [-0.39, 0.29) is 0 Å². The lowest BCUT2D eigenvalue weighted by atomic mass is 10.2. The van der Waals surface area contributed by atoms with E-state index in [9.17, 15) is 0 Å². The second kappa shape index (κ2) is 3.24. The summed E-state index contributed by atoms with van der Waals surface area (Å²) in [7, 11) is 3.87. The molecular weight excluding hydrogens is 134 g/mol. The summed E-state index contributed by atoms with van der Waals surface area (Å²) in [6.07, 6.45) is 0. The van der Waals surface area contributed by atoms with Gasteiger partial charge in [-0.25, -0.2) is 0 Å². The van der Waals surface area contributed by atoms with Crippen LogP contribution in [-0.4, -0.2) is 19.0 Å². The Balaban J connectivity index is 2.86. The number of benzene rings is 1. The highest BCUT2D eigenvalue weighted by atomic mass is 15.1. The Hall–Kier alpha value is -1.24. The normalized spacial score (nSPS) is 9.27. The van der Waals surface area contributed by atoms with Crippen LogP contribution in [0.4, 0.5) is 0 Å². The van der Waals surface area contributed by atoms with Crippen LogP contribution in [0.15, 0.2) is 30.3 Å². The quantitative estimate of drug-likeness (QED) is 0.617. The Morgan fingerprint density at radius 1 is 1.18 bits per heavy atom. The van der Waals surface area contributed by atoms with Crippen LogP contribution < -0.4 is 0 Å². The van der Waals surface area contributed by atoms with Crippen molar-refractivity contribution in [2.45, 2.75) is 0 Å². The van der Waals surface area contributed by atoms with Crippen molar-refractivity contribution in [3.63, 3.8) is 0 Å². The molecule has 0 bridgehead atoms. The molecule has 0 aliphatic heterocycles. The second-order valence-electron chi connectivity index (χ2n) is 2.65. The minimum atomic E-state index is 0.797. The van der Waals surface area contributed by atoms with Crippen LogP contribution in [0.5, 0.6) is 0 Å². The van der Waals surface area contributed by atoms with E-state index in [0.717, 1.165) is 11.3 Å². The molecule has 0 unspecified atom stereocenters. The maximum atomic E-state index is 5.78. The molecule has 1 nitrogen and oxygen atoms in total. The predicted molar refractivity (Wildman–Crippen MR) is 47.8 cm³/mol. The topological polar surface area (TPSA) is 3.24 Å². The zero-order valence-corrected chi connectivity index (χ0v) is 6.91. The van der Waals surface area contributed by atoms with Gasteiger partial charge in [0.1, 0.15) is 0 Å². The smallest absolute Gasteiger partial charge is 0.0435 e. The lowest BCUT2D eigenvalue weighted by molar-refractivity contribution is 0.592. The van der Waals surface area contributed by atoms with Crippen LogP contribution in [0.1, 0.15) is 5.56 Å². The van der Waals surface area contributed by atoms with Crippen LogP contribution >= 0.6 is 0 Å². The number of hydrogen-bond donors (Lipinski definition) is 0. The van der Waals surface area contributed by atoms with Gasteiger partial charge in [-0.2, -0.15) is 0 Å². The standard InChI is InChI=1S/C10H12N/c1-9(11(2)3)10-7-5-4-6-8-10/h1,4-8H,2-3H3. The zero-order valence-electron chi connectivity index (χ0n) is 6.91. The zero-order chi connectivity index (χ0) is 8.27. The molecule has 0 saturated heterocycles. The van der Waals surface area contributed by atoms with E-state index in [2.05, 4.69) is 0 Å². The molecule has 0 spiro atoms. The van der Waals surface area contributed by atoms with Crippen molar-refractivity contribution in [3.05, 3.63) is 42.5 Å². The van der Waals surface area contributed by atoms with E-state index in [1.165, 1.54) is 0 Å². The first-order valence-corrected chi connectivity index (χ1v) is 3.57. The molecule has 0 amide bonds. The average Bonchev–Trinajstić information content (AvgIpc) is 2.05. The molecule has 1 aromatic rings. The van der Waals surface area contributed by atoms with Gasteiger partial charge in [0.2, 0.25) is 0 Å². The summed E-state index contributed by atoms with van der Waals surface area (Å²) in [6, 6.07) is 9.93. The maximum Gasteiger partial charge on any atom is 0.0435 e. The molecular formula is C10H12N. The fourth-order valence-electron chi connectivity index (χ4n) is 0.867. The van der Waals surface area contributed by atoms with Gasteiger partial charge in [-0.3, -0.25) is 0 Å². The summed E-state index contributed by atoms with van der Waals surface area (Å²) in [5, 5.41) is 0. The Kier molecular flexibility index (Phi) is 2.32. The van der Waals surface area contributed by atoms with Gasteiger partial charge in [-0.1, -0.05) is 30.3 Å². The summed E-state index contributed by atoms with van der Waals surface area (Å²) in [4.78, 5) is 1.90. The SMILES string of the molecule is [CH]=C(c1ccccc1)N(C)C. The first kappa shape index (κ1) is 7.86. The summed E-state index contributed by atoms with van der Waals surface area (Å²) in [5.74, 6) is 0. The van der Waals surface area contributed by atoms with Gasteiger partial charge in [0, 0.05) is 19.8 Å². The summed E-state index contributed by atoms with van der Waals surface area (Å²) >= 11 is 0. The van der Waals surface area contributed by atoms with E-state index in [4.69, 9.17) is 6.58 Å². The Bertz CT molecular complexity index is 236. The molecule has 0 atom stereocenters. The van der Waals surface area contributed by atoms with Crippen molar-refractivity contribution >= 4 is 5.70 Å². The van der Waals surface area contributed by atoms with Crippen LogP contribution in [-0.2, 0) is 0 Å². The molecule has 0 heterocycles. The maximum absolute atomic E-state index is 5.78. The van der Waals surface area contributed by atoms with Crippen molar-refractivity contribution in [2.24, 2.45) is 0 Å². The van der Waals surface area contributed by atoms with Crippen LogP contribution in [0.3, 0.4) is 0 Å². The van der Waals surface area contributed by atoms with Crippen LogP contribution in [0, 0.1) is 6.58 Å². The van der Waals surface area contributed by atoms with Crippen molar-refractivity contribution < 1.29 is 0 Å². The van der Waals surface area contributed by atoms with E-state index < -0.39 is 0 Å². The van der Waals surface area contributed by atoms with Gasteiger partial charge < -0.3 is 4.90 Å². The number of nitrogens with zero attached hydrogens (tertiary/aromatic N) is 1. The highest BCUT2D eigenvalue weighted by Crippen LogP contribution is 2.12. The minimum absolute atomic E-state index is 0.797. The average molecular weight is 146 g/mol. The molecule has 0 saturated carbocycles. The van der Waals surface area contributed by atoms with E-state index in [0.29, 0.717) is 0 Å². The molecule has 1 rings (SSSR count). The van der Waals surface area contributed by atoms with Gasteiger partial charge in [-0.15, -0.1) is 0 Å². The largest absolute Gasteiger partial charge is 0.377 e. The summed E-state index contributed by atoms with van der Waals surface area (Å²) in [5.41, 5.74) is 1.86. The van der Waals surface area contributed by atoms with Crippen LogP contribution in [0.25, 0.3) is 5.70 Å².